The zero-order valence-corrected chi connectivity index (χ0v) is 17.8. The van der Waals surface area contributed by atoms with Gasteiger partial charge in [-0.25, -0.2) is 4.79 Å². The van der Waals surface area contributed by atoms with Crippen LogP contribution in [0, 0.1) is 21.4 Å². The van der Waals surface area contributed by atoms with Crippen LogP contribution in [0.2, 0.25) is 0 Å². The topological polar surface area (TPSA) is 189 Å². The minimum atomic E-state index is -1.94. The SMILES string of the molecule is CSc1nc(Oc2cc(C#N)ccc2N(C)C)c([N+](=O)[O-])c(OC(CC(=O)O)C(=O)O)n1. The molecule has 13 nitrogen and oxygen atoms in total. The molecule has 0 aliphatic heterocycles. The maximum absolute atomic E-state index is 11.8. The van der Waals surface area contributed by atoms with E-state index in [1.54, 1.807) is 31.3 Å². The van der Waals surface area contributed by atoms with Gasteiger partial charge in [-0.1, -0.05) is 11.8 Å². The van der Waals surface area contributed by atoms with Crippen molar-refractivity contribution in [2.45, 2.75) is 17.7 Å². The van der Waals surface area contributed by atoms with E-state index in [-0.39, 0.29) is 16.5 Å². The van der Waals surface area contributed by atoms with Crippen LogP contribution in [0.1, 0.15) is 12.0 Å². The normalized spacial score (nSPS) is 11.2. The van der Waals surface area contributed by atoms with Crippen molar-refractivity contribution < 1.29 is 34.2 Å². The lowest BCUT2D eigenvalue weighted by Crippen LogP contribution is -2.30. The number of nitro groups is 1. The number of aromatic nitrogens is 2. The Balaban J connectivity index is 2.65. The van der Waals surface area contributed by atoms with E-state index >= 15 is 0 Å². The predicted octanol–water partition coefficient (Wildman–Crippen LogP) is 2.14. The number of ether oxygens (including phenoxy) is 2. The highest BCUT2D eigenvalue weighted by molar-refractivity contribution is 7.98. The summed E-state index contributed by atoms with van der Waals surface area (Å²) in [6.45, 7) is 0. The maximum Gasteiger partial charge on any atom is 0.392 e. The molecular weight excluding hydrogens is 446 g/mol. The molecule has 0 spiro atoms. The van der Waals surface area contributed by atoms with Gasteiger partial charge >= 0.3 is 29.4 Å². The fourth-order valence-electron chi connectivity index (χ4n) is 2.41. The van der Waals surface area contributed by atoms with Gasteiger partial charge in [0, 0.05) is 20.2 Å². The van der Waals surface area contributed by atoms with Gasteiger partial charge in [0.2, 0.25) is 6.10 Å². The average Bonchev–Trinajstić information content (AvgIpc) is 2.71. The van der Waals surface area contributed by atoms with Gasteiger partial charge in [-0.3, -0.25) is 14.9 Å². The van der Waals surface area contributed by atoms with Crippen LogP contribution >= 0.6 is 11.8 Å². The summed E-state index contributed by atoms with van der Waals surface area (Å²) in [5, 5.41) is 39.0. The molecule has 1 atom stereocenters. The number of carbonyl (C=O) groups is 2. The lowest BCUT2D eigenvalue weighted by molar-refractivity contribution is -0.387. The first kappa shape index (κ1) is 24.2. The molecule has 2 N–H and O–H groups in total. The van der Waals surface area contributed by atoms with Crippen molar-refractivity contribution >= 4 is 35.1 Å². The quantitative estimate of drug-likeness (QED) is 0.226. The van der Waals surface area contributed by atoms with Crippen molar-refractivity contribution in [1.82, 2.24) is 9.97 Å². The zero-order valence-electron chi connectivity index (χ0n) is 17.0. The summed E-state index contributed by atoms with van der Waals surface area (Å²) in [6, 6.07) is 6.38. The molecule has 1 heterocycles. The Morgan fingerprint density at radius 2 is 1.97 bits per heavy atom. The van der Waals surface area contributed by atoms with E-state index in [9.17, 15) is 24.8 Å². The van der Waals surface area contributed by atoms with E-state index in [4.69, 9.17) is 19.8 Å². The van der Waals surface area contributed by atoms with Crippen molar-refractivity contribution in [2.75, 3.05) is 25.3 Å². The highest BCUT2D eigenvalue weighted by atomic mass is 32.2. The third kappa shape index (κ3) is 5.73. The zero-order chi connectivity index (χ0) is 24.0. The summed E-state index contributed by atoms with van der Waals surface area (Å²) in [6.07, 6.45) is -1.35. The Morgan fingerprint density at radius 1 is 1.31 bits per heavy atom. The first-order chi connectivity index (χ1) is 15.1. The summed E-state index contributed by atoms with van der Waals surface area (Å²) in [5.74, 6) is -4.40. The second-order valence-electron chi connectivity index (χ2n) is 6.26. The maximum atomic E-state index is 11.8. The summed E-state index contributed by atoms with van der Waals surface area (Å²) in [5.41, 5.74) is -0.206. The molecule has 2 rings (SSSR count). The van der Waals surface area contributed by atoms with E-state index in [1.165, 1.54) is 12.1 Å². The molecule has 2 aromatic rings. The van der Waals surface area contributed by atoms with Crippen LogP contribution in [0.5, 0.6) is 17.5 Å². The predicted molar refractivity (Wildman–Crippen MR) is 110 cm³/mol. The molecular formula is C18H17N5O8S. The summed E-state index contributed by atoms with van der Waals surface area (Å²) < 4.78 is 10.8. The second-order valence-corrected chi connectivity index (χ2v) is 7.03. The van der Waals surface area contributed by atoms with Crippen molar-refractivity contribution in [1.29, 1.82) is 5.26 Å². The van der Waals surface area contributed by atoms with Crippen molar-refractivity contribution in [3.63, 3.8) is 0 Å². The Bertz CT molecular complexity index is 1100. The Labute approximate surface area is 185 Å². The van der Waals surface area contributed by atoms with Crippen LogP contribution in [0.25, 0.3) is 0 Å². The molecule has 168 valence electrons. The third-order valence-electron chi connectivity index (χ3n) is 3.83. The number of thioether (sulfide) groups is 1. The number of anilines is 1. The van der Waals surface area contributed by atoms with Gasteiger partial charge in [-0.15, -0.1) is 0 Å². The summed E-state index contributed by atoms with van der Waals surface area (Å²) >= 11 is 0.964. The molecule has 0 radical (unpaired) electrons. The smallest absolute Gasteiger partial charge is 0.392 e. The van der Waals surface area contributed by atoms with Crippen LogP contribution in [-0.2, 0) is 9.59 Å². The van der Waals surface area contributed by atoms with Gasteiger partial charge in [0.25, 0.3) is 0 Å². The highest BCUT2D eigenvalue weighted by Crippen LogP contribution is 2.41. The van der Waals surface area contributed by atoms with Crippen molar-refractivity contribution in [2.24, 2.45) is 0 Å². The van der Waals surface area contributed by atoms with Crippen molar-refractivity contribution in [3.8, 4) is 23.6 Å². The van der Waals surface area contributed by atoms with Gasteiger partial charge < -0.3 is 24.6 Å². The number of aliphatic carboxylic acids is 2. The number of carboxylic acid groups (broad SMARTS) is 2. The average molecular weight is 463 g/mol. The molecule has 1 unspecified atom stereocenters. The molecule has 14 heteroatoms. The molecule has 32 heavy (non-hydrogen) atoms. The molecule has 1 aromatic carbocycles. The number of rotatable bonds is 10. The first-order valence-electron chi connectivity index (χ1n) is 8.68. The number of carboxylic acids is 2. The van der Waals surface area contributed by atoms with Gasteiger partial charge in [0.1, 0.15) is 0 Å². The lowest BCUT2D eigenvalue weighted by atomic mass is 10.2. The van der Waals surface area contributed by atoms with Gasteiger partial charge in [0.15, 0.2) is 10.9 Å². The molecule has 0 amide bonds. The monoisotopic (exact) mass is 463 g/mol. The molecule has 0 aliphatic carbocycles. The highest BCUT2D eigenvalue weighted by Gasteiger charge is 2.33. The largest absolute Gasteiger partial charge is 0.481 e. The standard InChI is InChI=1S/C18H17N5O8S/c1-22(2)10-5-4-9(8-19)6-11(10)30-15-14(23(28)29)16(21-18(20-15)32-3)31-12(17(26)27)7-13(24)25/h4-6,12H,7H2,1-3H3,(H,24,25)(H,26,27). The van der Waals surface area contributed by atoms with Crippen LogP contribution in [0.4, 0.5) is 11.4 Å². The van der Waals surface area contributed by atoms with Crippen molar-refractivity contribution in [3.05, 3.63) is 33.9 Å². The minimum absolute atomic E-state index is 0.0529. The van der Waals surface area contributed by atoms with E-state index in [2.05, 4.69) is 9.97 Å². The summed E-state index contributed by atoms with van der Waals surface area (Å²) in [7, 11) is 3.38. The number of benzene rings is 1. The molecule has 0 fully saturated rings. The van der Waals surface area contributed by atoms with E-state index in [0.29, 0.717) is 5.69 Å². The number of hydrogen-bond acceptors (Lipinski definition) is 11. The first-order valence-corrected chi connectivity index (χ1v) is 9.90. The van der Waals surface area contributed by atoms with Crippen LogP contribution in [0.3, 0.4) is 0 Å². The Morgan fingerprint density at radius 3 is 2.47 bits per heavy atom. The number of nitriles is 1. The van der Waals surface area contributed by atoms with Gasteiger partial charge in [-0.05, 0) is 18.4 Å². The number of nitrogens with zero attached hydrogens (tertiary/aromatic N) is 5. The molecule has 0 saturated heterocycles. The van der Waals surface area contributed by atoms with Gasteiger partial charge in [-0.2, -0.15) is 15.2 Å². The Hall–Kier alpha value is -4.12. The van der Waals surface area contributed by atoms with E-state index < -0.39 is 46.8 Å². The number of hydrogen-bond donors (Lipinski definition) is 2. The minimum Gasteiger partial charge on any atom is -0.481 e. The molecule has 0 bridgehead atoms. The Kier molecular flexibility index (Phi) is 7.75. The molecule has 0 aliphatic rings. The summed E-state index contributed by atoms with van der Waals surface area (Å²) in [4.78, 5) is 42.6. The molecule has 1 aromatic heterocycles. The molecule has 0 saturated carbocycles. The second kappa shape index (κ2) is 10.3. The fourth-order valence-corrected chi connectivity index (χ4v) is 2.76. The fraction of sp³-hybridized carbons (Fsp3) is 0.278. The van der Waals surface area contributed by atoms with E-state index in [0.717, 1.165) is 11.8 Å². The van der Waals surface area contributed by atoms with Crippen LogP contribution in [0.15, 0.2) is 23.4 Å². The van der Waals surface area contributed by atoms with E-state index in [1.807, 2.05) is 6.07 Å². The lowest BCUT2D eigenvalue weighted by Gasteiger charge is -2.18. The van der Waals surface area contributed by atoms with Crippen LogP contribution in [-0.4, -0.2) is 63.5 Å². The van der Waals surface area contributed by atoms with Gasteiger partial charge in [0.05, 0.1) is 28.7 Å². The van der Waals surface area contributed by atoms with Crippen LogP contribution < -0.4 is 14.4 Å². The third-order valence-corrected chi connectivity index (χ3v) is 4.38.